The summed E-state index contributed by atoms with van der Waals surface area (Å²) >= 11 is 7.40. The van der Waals surface area contributed by atoms with Crippen molar-refractivity contribution in [1.29, 1.82) is 0 Å². The number of carboxylic acids is 1. The number of rotatable bonds is 2. The van der Waals surface area contributed by atoms with Crippen LogP contribution in [0.2, 0.25) is 5.02 Å². The van der Waals surface area contributed by atoms with Gasteiger partial charge in [-0.25, -0.2) is 4.79 Å². The minimum Gasteiger partial charge on any atom is -0.477 e. The molecule has 3 heterocycles. The standard InChI is InChI=1S/C22H15ClN2O4S/c1-25-14-9-5-3-7-12(14)22(21(25)29)10-15(26)24-17-16(11-6-2-4-8-13(11)23)18(20(27)28)30-19(17)22/h2-9H,10H2,1H3,(H,24,26)(H,27,28)/t22-/m0/s1. The highest BCUT2D eigenvalue weighted by Gasteiger charge is 2.57. The van der Waals surface area contributed by atoms with Gasteiger partial charge in [-0.1, -0.05) is 48.0 Å². The van der Waals surface area contributed by atoms with Crippen LogP contribution in [-0.2, 0) is 15.0 Å². The highest BCUT2D eigenvalue weighted by atomic mass is 35.5. The fourth-order valence-electron chi connectivity index (χ4n) is 4.46. The van der Waals surface area contributed by atoms with Crippen LogP contribution in [-0.4, -0.2) is 29.9 Å². The number of hydrogen-bond acceptors (Lipinski definition) is 4. The van der Waals surface area contributed by atoms with Gasteiger partial charge in [0.2, 0.25) is 11.8 Å². The van der Waals surface area contributed by atoms with Gasteiger partial charge in [-0.3, -0.25) is 9.59 Å². The lowest BCUT2D eigenvalue weighted by molar-refractivity contribution is -0.126. The minimum absolute atomic E-state index is 0.0366. The molecule has 150 valence electrons. The number of carbonyl (C=O) groups excluding carboxylic acids is 2. The van der Waals surface area contributed by atoms with Gasteiger partial charge in [-0.15, -0.1) is 11.3 Å². The number of thiophene rings is 1. The molecular formula is C22H15ClN2O4S. The first-order chi connectivity index (χ1) is 14.4. The second kappa shape index (κ2) is 6.42. The number of anilines is 2. The van der Waals surface area contributed by atoms with Crippen molar-refractivity contribution < 1.29 is 19.5 Å². The monoisotopic (exact) mass is 438 g/mol. The SMILES string of the molecule is CN1C(=O)[C@@]2(CC(=O)Nc3c2sc(C(=O)O)c3-c2ccccc2Cl)c2ccccc21. The summed E-state index contributed by atoms with van der Waals surface area (Å²) in [5.41, 5.74) is 1.35. The van der Waals surface area contributed by atoms with Crippen LogP contribution in [0.4, 0.5) is 11.4 Å². The molecule has 0 fully saturated rings. The summed E-state index contributed by atoms with van der Waals surface area (Å²) in [5, 5.41) is 13.1. The number of benzene rings is 2. The van der Waals surface area contributed by atoms with E-state index in [0.29, 0.717) is 38.0 Å². The van der Waals surface area contributed by atoms with Crippen LogP contribution in [0.1, 0.15) is 26.5 Å². The number of para-hydroxylation sites is 1. The summed E-state index contributed by atoms with van der Waals surface area (Å²) in [6.45, 7) is 0. The maximum absolute atomic E-state index is 13.5. The van der Waals surface area contributed by atoms with Crippen LogP contribution >= 0.6 is 22.9 Å². The Morgan fingerprint density at radius 2 is 1.87 bits per heavy atom. The fourth-order valence-corrected chi connectivity index (χ4v) is 5.99. The van der Waals surface area contributed by atoms with Gasteiger partial charge < -0.3 is 15.3 Å². The van der Waals surface area contributed by atoms with E-state index in [0.717, 1.165) is 11.3 Å². The molecule has 3 aromatic rings. The van der Waals surface area contributed by atoms with E-state index in [1.54, 1.807) is 31.3 Å². The Kier molecular flexibility index (Phi) is 4.03. The van der Waals surface area contributed by atoms with Gasteiger partial charge in [0, 0.05) is 28.9 Å². The summed E-state index contributed by atoms with van der Waals surface area (Å²) in [4.78, 5) is 40.6. The van der Waals surface area contributed by atoms with Gasteiger partial charge in [-0.2, -0.15) is 0 Å². The maximum Gasteiger partial charge on any atom is 0.346 e. The molecule has 2 amide bonds. The fraction of sp³-hybridized carbons (Fsp3) is 0.136. The molecule has 6 nitrogen and oxygen atoms in total. The zero-order valence-corrected chi connectivity index (χ0v) is 17.3. The topological polar surface area (TPSA) is 86.7 Å². The highest BCUT2D eigenvalue weighted by Crippen LogP contribution is 2.57. The van der Waals surface area contributed by atoms with Gasteiger partial charge in [0.05, 0.1) is 17.0 Å². The quantitative estimate of drug-likeness (QED) is 0.622. The van der Waals surface area contributed by atoms with Crippen molar-refractivity contribution in [1.82, 2.24) is 0 Å². The van der Waals surface area contributed by atoms with E-state index in [4.69, 9.17) is 11.6 Å². The number of fused-ring (bicyclic) bond motifs is 4. The van der Waals surface area contributed by atoms with E-state index in [9.17, 15) is 19.5 Å². The second-order valence-electron chi connectivity index (χ2n) is 7.31. The molecular weight excluding hydrogens is 424 g/mol. The molecule has 0 bridgehead atoms. The van der Waals surface area contributed by atoms with Crippen LogP contribution in [0, 0.1) is 0 Å². The third kappa shape index (κ3) is 2.33. The van der Waals surface area contributed by atoms with Gasteiger partial charge in [0.15, 0.2) is 0 Å². The smallest absolute Gasteiger partial charge is 0.346 e. The number of carbonyl (C=O) groups is 3. The Hall–Kier alpha value is -3.16. The molecule has 1 spiro atoms. The molecule has 2 aliphatic heterocycles. The van der Waals surface area contributed by atoms with E-state index >= 15 is 0 Å². The normalized spacial score (nSPS) is 19.6. The molecule has 1 aromatic heterocycles. The van der Waals surface area contributed by atoms with E-state index in [1.807, 2.05) is 24.3 Å². The Balaban J connectivity index is 1.89. The van der Waals surface area contributed by atoms with E-state index < -0.39 is 11.4 Å². The van der Waals surface area contributed by atoms with Crippen molar-refractivity contribution in [2.45, 2.75) is 11.8 Å². The third-order valence-corrected chi connectivity index (χ3v) is 7.39. The van der Waals surface area contributed by atoms with E-state index in [1.165, 1.54) is 4.90 Å². The number of carboxylic acid groups (broad SMARTS) is 1. The number of amides is 2. The first kappa shape index (κ1) is 18.8. The summed E-state index contributed by atoms with van der Waals surface area (Å²) in [6.07, 6.45) is -0.0816. The molecule has 1 atom stereocenters. The lowest BCUT2D eigenvalue weighted by atomic mass is 9.74. The zero-order chi connectivity index (χ0) is 21.2. The number of halogens is 1. The molecule has 2 aliphatic rings. The lowest BCUT2D eigenvalue weighted by Crippen LogP contribution is -2.45. The average molecular weight is 439 g/mol. The van der Waals surface area contributed by atoms with Crippen molar-refractivity contribution in [2.75, 3.05) is 17.3 Å². The third-order valence-electron chi connectivity index (χ3n) is 5.72. The number of nitrogens with one attached hydrogen (secondary N) is 1. The molecule has 0 saturated heterocycles. The minimum atomic E-state index is -1.25. The van der Waals surface area contributed by atoms with Crippen LogP contribution in [0.3, 0.4) is 0 Å². The largest absolute Gasteiger partial charge is 0.477 e. The first-order valence-corrected chi connectivity index (χ1v) is 10.4. The summed E-state index contributed by atoms with van der Waals surface area (Å²) < 4.78 is 0. The summed E-state index contributed by atoms with van der Waals surface area (Å²) in [6, 6.07) is 14.2. The molecule has 8 heteroatoms. The Bertz CT molecular complexity index is 1270. The molecule has 5 rings (SSSR count). The number of likely N-dealkylation sites (N-methyl/N-ethyl adjacent to an activating group) is 1. The maximum atomic E-state index is 13.5. The van der Waals surface area contributed by atoms with Crippen molar-refractivity contribution in [3.8, 4) is 11.1 Å². The van der Waals surface area contributed by atoms with Crippen molar-refractivity contribution in [2.24, 2.45) is 0 Å². The first-order valence-electron chi connectivity index (χ1n) is 9.19. The predicted molar refractivity (Wildman–Crippen MR) is 116 cm³/mol. The Morgan fingerprint density at radius 1 is 1.17 bits per heavy atom. The summed E-state index contributed by atoms with van der Waals surface area (Å²) in [7, 11) is 1.67. The van der Waals surface area contributed by atoms with E-state index in [2.05, 4.69) is 5.32 Å². The highest BCUT2D eigenvalue weighted by molar-refractivity contribution is 7.15. The van der Waals surface area contributed by atoms with Crippen molar-refractivity contribution in [3.05, 3.63) is 68.9 Å². The van der Waals surface area contributed by atoms with Crippen molar-refractivity contribution >= 4 is 52.1 Å². The molecule has 2 aromatic carbocycles. The van der Waals surface area contributed by atoms with Crippen LogP contribution < -0.4 is 10.2 Å². The van der Waals surface area contributed by atoms with Crippen molar-refractivity contribution in [3.63, 3.8) is 0 Å². The number of nitrogens with zero attached hydrogens (tertiary/aromatic N) is 1. The Labute approximate surface area is 180 Å². The lowest BCUT2D eigenvalue weighted by Gasteiger charge is -2.32. The predicted octanol–water partition coefficient (Wildman–Crippen LogP) is 4.37. The molecule has 0 unspecified atom stereocenters. The number of hydrogen-bond donors (Lipinski definition) is 2. The Morgan fingerprint density at radius 3 is 2.60 bits per heavy atom. The average Bonchev–Trinajstić information content (AvgIpc) is 3.20. The van der Waals surface area contributed by atoms with Crippen LogP contribution in [0.15, 0.2) is 48.5 Å². The van der Waals surface area contributed by atoms with E-state index in [-0.39, 0.29) is 23.1 Å². The molecule has 2 N–H and O–H groups in total. The zero-order valence-electron chi connectivity index (χ0n) is 15.7. The van der Waals surface area contributed by atoms with Crippen LogP contribution in [0.5, 0.6) is 0 Å². The summed E-state index contributed by atoms with van der Waals surface area (Å²) in [5.74, 6) is -1.73. The van der Waals surface area contributed by atoms with Gasteiger partial charge >= 0.3 is 5.97 Å². The number of aromatic carboxylic acids is 1. The molecule has 0 saturated carbocycles. The van der Waals surface area contributed by atoms with Gasteiger partial charge in [0.1, 0.15) is 10.3 Å². The molecule has 0 aliphatic carbocycles. The van der Waals surface area contributed by atoms with Gasteiger partial charge in [-0.05, 0) is 17.7 Å². The van der Waals surface area contributed by atoms with Gasteiger partial charge in [0.25, 0.3) is 0 Å². The molecule has 0 radical (unpaired) electrons. The molecule has 30 heavy (non-hydrogen) atoms. The van der Waals surface area contributed by atoms with Crippen LogP contribution in [0.25, 0.3) is 11.1 Å². The second-order valence-corrected chi connectivity index (χ2v) is 8.73.